The van der Waals surface area contributed by atoms with E-state index >= 15 is 0 Å². The lowest BCUT2D eigenvalue weighted by molar-refractivity contribution is -0.138. The van der Waals surface area contributed by atoms with E-state index in [9.17, 15) is 13.2 Å². The van der Waals surface area contributed by atoms with Crippen LogP contribution >= 0.6 is 0 Å². The average Bonchev–Trinajstić information content (AvgIpc) is 3.16. The van der Waals surface area contributed by atoms with Crippen LogP contribution in [0.5, 0.6) is 0 Å². The van der Waals surface area contributed by atoms with E-state index in [0.29, 0.717) is 17.3 Å². The molecule has 4 aromatic rings. The predicted octanol–water partition coefficient (Wildman–Crippen LogP) is 4.66. The number of benzene rings is 2. The van der Waals surface area contributed by atoms with Crippen molar-refractivity contribution in [1.29, 1.82) is 0 Å². The summed E-state index contributed by atoms with van der Waals surface area (Å²) in [5.74, 6) is 0.952. The normalized spacial score (nSPS) is 11.6. The van der Waals surface area contributed by atoms with Crippen molar-refractivity contribution in [3.05, 3.63) is 84.4 Å². The van der Waals surface area contributed by atoms with Gasteiger partial charge in [-0.15, -0.1) is 0 Å². The van der Waals surface area contributed by atoms with E-state index in [1.807, 2.05) is 24.3 Å². The van der Waals surface area contributed by atoms with Crippen LogP contribution in [-0.4, -0.2) is 19.5 Å². The Labute approximate surface area is 164 Å². The third-order valence-electron chi connectivity index (χ3n) is 4.51. The van der Waals surface area contributed by atoms with Crippen LogP contribution in [0.3, 0.4) is 0 Å². The van der Waals surface area contributed by atoms with Crippen LogP contribution in [0.25, 0.3) is 22.6 Å². The molecule has 0 unspecified atom stereocenters. The number of hydrogen-bond acceptors (Lipinski definition) is 4. The molecule has 29 heavy (non-hydrogen) atoms. The van der Waals surface area contributed by atoms with E-state index < -0.39 is 11.7 Å². The molecule has 0 fully saturated rings. The number of halogens is 3. The number of anilines is 1. The molecule has 5 nitrogen and oxygen atoms in total. The van der Waals surface area contributed by atoms with Gasteiger partial charge >= 0.3 is 6.18 Å². The summed E-state index contributed by atoms with van der Waals surface area (Å²) in [4.78, 5) is 12.4. The van der Waals surface area contributed by atoms with Gasteiger partial charge in [-0.05, 0) is 11.6 Å². The molecule has 8 heteroatoms. The zero-order valence-electron chi connectivity index (χ0n) is 15.1. The van der Waals surface area contributed by atoms with E-state index in [2.05, 4.69) is 15.0 Å². The Morgan fingerprint density at radius 2 is 1.62 bits per heavy atom. The Morgan fingerprint density at radius 1 is 0.897 bits per heavy atom. The number of aromatic nitrogens is 4. The molecule has 0 aliphatic rings. The van der Waals surface area contributed by atoms with Gasteiger partial charge in [0.15, 0.2) is 0 Å². The standard InChI is InChI=1S/C21H16F3N5/c22-21(23,24)17-4-2-1-3-16(17)12-29-10-9-26-20(29)15-7-5-14(6-8-15)18-11-19(25)28-13-27-18/h1-11,13H,12H2,(H2,25,27,28). The van der Waals surface area contributed by atoms with Gasteiger partial charge in [-0.2, -0.15) is 13.2 Å². The van der Waals surface area contributed by atoms with Gasteiger partial charge in [-0.25, -0.2) is 15.0 Å². The summed E-state index contributed by atoms with van der Waals surface area (Å²) in [6.07, 6.45) is 0.230. The molecule has 2 aromatic carbocycles. The molecule has 0 aliphatic carbocycles. The summed E-state index contributed by atoms with van der Waals surface area (Å²) in [5.41, 5.74) is 7.56. The number of hydrogen-bond donors (Lipinski definition) is 1. The minimum absolute atomic E-state index is 0.0647. The molecule has 146 valence electrons. The van der Waals surface area contributed by atoms with Crippen molar-refractivity contribution in [3.8, 4) is 22.6 Å². The van der Waals surface area contributed by atoms with Crippen molar-refractivity contribution in [2.75, 3.05) is 5.73 Å². The molecule has 0 aliphatic heterocycles. The molecule has 2 heterocycles. The molecule has 2 aromatic heterocycles. The van der Waals surface area contributed by atoms with Gasteiger partial charge in [-0.1, -0.05) is 42.5 Å². The molecule has 0 bridgehead atoms. The summed E-state index contributed by atoms with van der Waals surface area (Å²) in [6, 6.07) is 14.7. The minimum atomic E-state index is -4.40. The van der Waals surface area contributed by atoms with E-state index in [1.54, 1.807) is 29.1 Å². The Balaban J connectivity index is 1.64. The summed E-state index contributed by atoms with van der Waals surface area (Å²) in [5, 5.41) is 0. The maximum Gasteiger partial charge on any atom is 0.416 e. The molecule has 0 saturated heterocycles. The van der Waals surface area contributed by atoms with Crippen LogP contribution in [0.1, 0.15) is 11.1 Å². The smallest absolute Gasteiger partial charge is 0.384 e. The fourth-order valence-electron chi connectivity index (χ4n) is 3.14. The highest BCUT2D eigenvalue weighted by atomic mass is 19.4. The first kappa shape index (κ1) is 18.7. The molecular formula is C21H16F3N5. The quantitative estimate of drug-likeness (QED) is 0.546. The van der Waals surface area contributed by atoms with E-state index in [4.69, 9.17) is 5.73 Å². The lowest BCUT2D eigenvalue weighted by Crippen LogP contribution is -2.11. The minimum Gasteiger partial charge on any atom is -0.384 e. The van der Waals surface area contributed by atoms with E-state index in [1.165, 1.54) is 18.5 Å². The third kappa shape index (κ3) is 3.96. The van der Waals surface area contributed by atoms with Crippen molar-refractivity contribution in [2.24, 2.45) is 0 Å². The van der Waals surface area contributed by atoms with Crippen LogP contribution < -0.4 is 5.73 Å². The Kier molecular flexibility index (Phi) is 4.75. The zero-order chi connectivity index (χ0) is 20.4. The van der Waals surface area contributed by atoms with Crippen LogP contribution in [-0.2, 0) is 12.7 Å². The van der Waals surface area contributed by atoms with Crippen LogP contribution in [0, 0.1) is 0 Å². The number of imidazole rings is 1. The molecule has 0 spiro atoms. The molecule has 0 amide bonds. The number of alkyl halides is 3. The first-order chi connectivity index (χ1) is 13.9. The van der Waals surface area contributed by atoms with Crippen molar-refractivity contribution < 1.29 is 13.2 Å². The second-order valence-electron chi connectivity index (χ2n) is 6.44. The fraction of sp³-hybridized carbons (Fsp3) is 0.0952. The van der Waals surface area contributed by atoms with Gasteiger partial charge in [0, 0.05) is 36.1 Å². The Hall–Kier alpha value is -3.68. The van der Waals surface area contributed by atoms with Gasteiger partial charge in [0.1, 0.15) is 18.0 Å². The van der Waals surface area contributed by atoms with Gasteiger partial charge < -0.3 is 10.3 Å². The Morgan fingerprint density at radius 3 is 2.34 bits per heavy atom. The molecule has 0 radical (unpaired) electrons. The van der Waals surface area contributed by atoms with Crippen molar-refractivity contribution >= 4 is 5.82 Å². The highest BCUT2D eigenvalue weighted by Crippen LogP contribution is 2.33. The maximum atomic E-state index is 13.3. The molecule has 0 saturated carbocycles. The monoisotopic (exact) mass is 395 g/mol. The molecule has 0 atom stereocenters. The number of nitrogens with two attached hydrogens (primary N) is 1. The summed E-state index contributed by atoms with van der Waals surface area (Å²) >= 11 is 0. The van der Waals surface area contributed by atoms with Gasteiger partial charge in [0.25, 0.3) is 0 Å². The number of nitrogen functional groups attached to an aromatic ring is 1. The Bertz CT molecular complexity index is 1130. The SMILES string of the molecule is Nc1cc(-c2ccc(-c3nccn3Cc3ccccc3C(F)(F)F)cc2)ncn1. The number of nitrogens with zero attached hydrogens (tertiary/aromatic N) is 4. The maximum absolute atomic E-state index is 13.3. The van der Waals surface area contributed by atoms with E-state index in [0.717, 1.165) is 17.2 Å². The lowest BCUT2D eigenvalue weighted by atomic mass is 10.1. The predicted molar refractivity (Wildman–Crippen MR) is 104 cm³/mol. The van der Waals surface area contributed by atoms with Crippen molar-refractivity contribution in [2.45, 2.75) is 12.7 Å². The van der Waals surface area contributed by atoms with E-state index in [-0.39, 0.29) is 12.1 Å². The number of rotatable bonds is 4. The third-order valence-corrected chi connectivity index (χ3v) is 4.51. The van der Waals surface area contributed by atoms with Gasteiger partial charge in [0.2, 0.25) is 0 Å². The second-order valence-corrected chi connectivity index (χ2v) is 6.44. The van der Waals surface area contributed by atoms with Gasteiger partial charge in [-0.3, -0.25) is 0 Å². The highest BCUT2D eigenvalue weighted by Gasteiger charge is 2.33. The average molecular weight is 395 g/mol. The van der Waals surface area contributed by atoms with Crippen molar-refractivity contribution in [1.82, 2.24) is 19.5 Å². The van der Waals surface area contributed by atoms with Crippen molar-refractivity contribution in [3.63, 3.8) is 0 Å². The fourth-order valence-corrected chi connectivity index (χ4v) is 3.14. The molecule has 4 rings (SSSR count). The largest absolute Gasteiger partial charge is 0.416 e. The molecule has 2 N–H and O–H groups in total. The summed E-state index contributed by atoms with van der Waals surface area (Å²) in [6.45, 7) is 0.0647. The summed E-state index contributed by atoms with van der Waals surface area (Å²) in [7, 11) is 0. The second kappa shape index (κ2) is 7.38. The summed E-state index contributed by atoms with van der Waals surface area (Å²) < 4.78 is 41.6. The van der Waals surface area contributed by atoms with Gasteiger partial charge in [0.05, 0.1) is 11.3 Å². The highest BCUT2D eigenvalue weighted by molar-refractivity contribution is 5.66. The first-order valence-electron chi connectivity index (χ1n) is 8.76. The zero-order valence-corrected chi connectivity index (χ0v) is 15.1. The van der Waals surface area contributed by atoms with Crippen LogP contribution in [0.2, 0.25) is 0 Å². The van der Waals surface area contributed by atoms with Crippen LogP contribution in [0.4, 0.5) is 19.0 Å². The molecular weight excluding hydrogens is 379 g/mol. The topological polar surface area (TPSA) is 69.6 Å². The van der Waals surface area contributed by atoms with Crippen LogP contribution in [0.15, 0.2) is 73.3 Å². The first-order valence-corrected chi connectivity index (χ1v) is 8.76. The lowest BCUT2D eigenvalue weighted by Gasteiger charge is -2.14.